The summed E-state index contributed by atoms with van der Waals surface area (Å²) in [6.07, 6.45) is 1.03. The Kier molecular flexibility index (Phi) is 8.92. The Bertz CT molecular complexity index is 1090. The quantitative estimate of drug-likeness (QED) is 0.565. The van der Waals surface area contributed by atoms with Crippen molar-refractivity contribution >= 4 is 27.5 Å². The molecule has 0 aromatic heterocycles. The molecule has 0 spiro atoms. The number of amides is 2. The molecule has 1 N–H and O–H groups in total. The van der Waals surface area contributed by atoms with E-state index in [4.69, 9.17) is 0 Å². The fraction of sp³-hybridized carbons (Fsp3) is 0.391. The number of anilines is 1. The molecule has 2 rings (SSSR count). The highest BCUT2D eigenvalue weighted by Crippen LogP contribution is 2.21. The van der Waals surface area contributed by atoms with Crippen molar-refractivity contribution in [1.82, 2.24) is 10.2 Å². The van der Waals surface area contributed by atoms with Crippen LogP contribution in [-0.2, 0) is 26.2 Å². The minimum atomic E-state index is -3.80. The van der Waals surface area contributed by atoms with Crippen molar-refractivity contribution in [1.29, 1.82) is 0 Å². The van der Waals surface area contributed by atoms with Crippen LogP contribution in [0.15, 0.2) is 42.5 Å². The molecule has 1 atom stereocenters. The van der Waals surface area contributed by atoms with Crippen LogP contribution < -0.4 is 9.62 Å². The largest absolute Gasteiger partial charge is 0.357 e. The van der Waals surface area contributed by atoms with E-state index in [1.165, 1.54) is 18.0 Å². The summed E-state index contributed by atoms with van der Waals surface area (Å²) in [4.78, 5) is 26.6. The molecular formula is C23H29F2N3O4S. The number of hydrogen-bond donors (Lipinski definition) is 1. The standard InChI is InChI=1S/C23H29F2N3O4S/c1-16-7-9-18(10-8-16)15-27(17(2)23(30)26-3)22(29)6-5-13-28(33(4,31)32)19-11-12-20(24)21(25)14-19/h7-12,14,17H,5-6,13,15H2,1-4H3,(H,26,30)/t17-/m0/s1. The number of halogens is 2. The second kappa shape index (κ2) is 11.2. The third-order valence-corrected chi connectivity index (χ3v) is 6.42. The van der Waals surface area contributed by atoms with Gasteiger partial charge in [0.05, 0.1) is 11.9 Å². The zero-order valence-corrected chi connectivity index (χ0v) is 20.0. The monoisotopic (exact) mass is 481 g/mol. The van der Waals surface area contributed by atoms with E-state index in [-0.39, 0.29) is 43.4 Å². The van der Waals surface area contributed by atoms with Gasteiger partial charge in [0.1, 0.15) is 6.04 Å². The highest BCUT2D eigenvalue weighted by atomic mass is 32.2. The van der Waals surface area contributed by atoms with Crippen molar-refractivity contribution in [3.05, 3.63) is 65.2 Å². The second-order valence-corrected chi connectivity index (χ2v) is 9.74. The molecule has 0 saturated carbocycles. The number of carbonyl (C=O) groups excluding carboxylic acids is 2. The lowest BCUT2D eigenvalue weighted by Crippen LogP contribution is -2.46. The summed E-state index contributed by atoms with van der Waals surface area (Å²) in [7, 11) is -2.31. The van der Waals surface area contributed by atoms with Crippen LogP contribution >= 0.6 is 0 Å². The van der Waals surface area contributed by atoms with E-state index in [1.54, 1.807) is 6.92 Å². The van der Waals surface area contributed by atoms with Crippen LogP contribution in [-0.4, -0.2) is 51.0 Å². The van der Waals surface area contributed by atoms with E-state index >= 15 is 0 Å². The molecule has 0 radical (unpaired) electrons. The Morgan fingerprint density at radius 3 is 2.24 bits per heavy atom. The molecule has 10 heteroatoms. The van der Waals surface area contributed by atoms with Gasteiger partial charge in [0, 0.05) is 32.6 Å². The molecule has 0 saturated heterocycles. The lowest BCUT2D eigenvalue weighted by Gasteiger charge is -2.29. The van der Waals surface area contributed by atoms with Gasteiger partial charge in [-0.15, -0.1) is 0 Å². The number of carbonyl (C=O) groups is 2. The maximum atomic E-state index is 13.6. The Balaban J connectivity index is 2.15. The molecule has 2 aromatic rings. The van der Waals surface area contributed by atoms with Gasteiger partial charge in [-0.3, -0.25) is 13.9 Å². The van der Waals surface area contributed by atoms with Crippen LogP contribution in [0.3, 0.4) is 0 Å². The number of likely N-dealkylation sites (N-methyl/N-ethyl adjacent to an activating group) is 1. The summed E-state index contributed by atoms with van der Waals surface area (Å²) in [5.41, 5.74) is 1.89. The Hall–Kier alpha value is -3.01. The van der Waals surface area contributed by atoms with Crippen molar-refractivity contribution in [2.24, 2.45) is 0 Å². The zero-order chi connectivity index (χ0) is 24.8. The van der Waals surface area contributed by atoms with Gasteiger partial charge >= 0.3 is 0 Å². The fourth-order valence-corrected chi connectivity index (χ4v) is 4.28. The molecule has 33 heavy (non-hydrogen) atoms. The molecule has 2 amide bonds. The Morgan fingerprint density at radius 1 is 1.06 bits per heavy atom. The van der Waals surface area contributed by atoms with Crippen LogP contribution in [0, 0.1) is 18.6 Å². The molecule has 0 bridgehead atoms. The summed E-state index contributed by atoms with van der Waals surface area (Å²) >= 11 is 0. The second-order valence-electron chi connectivity index (χ2n) is 7.83. The van der Waals surface area contributed by atoms with Crippen molar-refractivity contribution in [3.8, 4) is 0 Å². The van der Waals surface area contributed by atoms with Crippen molar-refractivity contribution in [2.75, 3.05) is 24.2 Å². The van der Waals surface area contributed by atoms with Gasteiger partial charge in [-0.2, -0.15) is 0 Å². The topological polar surface area (TPSA) is 86.8 Å². The minimum Gasteiger partial charge on any atom is -0.357 e. The van der Waals surface area contributed by atoms with E-state index in [2.05, 4.69) is 5.32 Å². The average Bonchev–Trinajstić information content (AvgIpc) is 2.76. The lowest BCUT2D eigenvalue weighted by atomic mass is 10.1. The molecule has 180 valence electrons. The first-order chi connectivity index (χ1) is 15.4. The number of sulfonamides is 1. The van der Waals surface area contributed by atoms with E-state index in [0.29, 0.717) is 0 Å². The zero-order valence-electron chi connectivity index (χ0n) is 19.1. The number of nitrogens with one attached hydrogen (secondary N) is 1. The number of nitrogens with zero attached hydrogens (tertiary/aromatic N) is 2. The van der Waals surface area contributed by atoms with Gasteiger partial charge in [-0.25, -0.2) is 17.2 Å². The Morgan fingerprint density at radius 2 is 1.70 bits per heavy atom. The van der Waals surface area contributed by atoms with Crippen LogP contribution in [0.4, 0.5) is 14.5 Å². The number of rotatable bonds is 10. The van der Waals surface area contributed by atoms with Gasteiger partial charge in [0.25, 0.3) is 0 Å². The van der Waals surface area contributed by atoms with Gasteiger partial charge < -0.3 is 10.2 Å². The van der Waals surface area contributed by atoms with Gasteiger partial charge in [0.15, 0.2) is 11.6 Å². The van der Waals surface area contributed by atoms with Crippen molar-refractivity contribution in [2.45, 2.75) is 39.3 Å². The third-order valence-electron chi connectivity index (χ3n) is 5.23. The molecule has 2 aromatic carbocycles. The summed E-state index contributed by atoms with van der Waals surface area (Å²) in [6, 6.07) is 9.65. The van der Waals surface area contributed by atoms with Gasteiger partial charge in [-0.05, 0) is 38.0 Å². The van der Waals surface area contributed by atoms with Crippen molar-refractivity contribution in [3.63, 3.8) is 0 Å². The number of hydrogen-bond acceptors (Lipinski definition) is 4. The minimum absolute atomic E-state index is 0.0286. The summed E-state index contributed by atoms with van der Waals surface area (Å²) in [5, 5.41) is 2.53. The van der Waals surface area contributed by atoms with Crippen LogP contribution in [0.1, 0.15) is 30.9 Å². The first-order valence-electron chi connectivity index (χ1n) is 10.4. The maximum Gasteiger partial charge on any atom is 0.242 e. The predicted molar refractivity (Wildman–Crippen MR) is 123 cm³/mol. The summed E-state index contributed by atoms with van der Waals surface area (Å²) < 4.78 is 52.2. The summed E-state index contributed by atoms with van der Waals surface area (Å²) in [6.45, 7) is 3.67. The third kappa shape index (κ3) is 7.24. The molecule has 0 aliphatic rings. The molecule has 0 heterocycles. The Labute approximate surface area is 193 Å². The van der Waals surface area contributed by atoms with Gasteiger partial charge in [0.2, 0.25) is 21.8 Å². The average molecular weight is 482 g/mol. The highest BCUT2D eigenvalue weighted by molar-refractivity contribution is 7.92. The van der Waals surface area contributed by atoms with E-state index < -0.39 is 27.7 Å². The number of aryl methyl sites for hydroxylation is 1. The maximum absolute atomic E-state index is 13.6. The van der Waals surface area contributed by atoms with Gasteiger partial charge in [-0.1, -0.05) is 29.8 Å². The first-order valence-corrected chi connectivity index (χ1v) is 12.3. The normalized spacial score (nSPS) is 12.2. The van der Waals surface area contributed by atoms with Crippen LogP contribution in [0.5, 0.6) is 0 Å². The highest BCUT2D eigenvalue weighted by Gasteiger charge is 2.26. The SMILES string of the molecule is CNC(=O)[C@H](C)N(Cc1ccc(C)cc1)C(=O)CCCN(c1ccc(F)c(F)c1)S(C)(=O)=O. The molecule has 7 nitrogen and oxygen atoms in total. The summed E-state index contributed by atoms with van der Waals surface area (Å²) in [5.74, 6) is -2.90. The molecule has 0 unspecified atom stereocenters. The molecule has 0 fully saturated rings. The molecule has 0 aliphatic heterocycles. The molecular weight excluding hydrogens is 452 g/mol. The van der Waals surface area contributed by atoms with Crippen LogP contribution in [0.2, 0.25) is 0 Å². The molecule has 0 aliphatic carbocycles. The van der Waals surface area contributed by atoms with E-state index in [1.807, 2.05) is 31.2 Å². The van der Waals surface area contributed by atoms with Crippen molar-refractivity contribution < 1.29 is 26.8 Å². The lowest BCUT2D eigenvalue weighted by molar-refractivity contribution is -0.140. The van der Waals surface area contributed by atoms with Crippen LogP contribution in [0.25, 0.3) is 0 Å². The smallest absolute Gasteiger partial charge is 0.242 e. The predicted octanol–water partition coefficient (Wildman–Crippen LogP) is 2.98. The van der Waals surface area contributed by atoms with E-state index in [9.17, 15) is 26.8 Å². The fourth-order valence-electron chi connectivity index (χ4n) is 3.33. The number of benzene rings is 2. The van der Waals surface area contributed by atoms with E-state index in [0.717, 1.165) is 33.8 Å². The first kappa shape index (κ1) is 26.2.